The van der Waals surface area contributed by atoms with Crippen LogP contribution in [0.3, 0.4) is 0 Å². The molecule has 1 unspecified atom stereocenters. The average Bonchev–Trinajstić information content (AvgIpc) is 2.75. The first kappa shape index (κ1) is 26.6. The van der Waals surface area contributed by atoms with Crippen LogP contribution in [-0.2, 0) is 9.59 Å². The van der Waals surface area contributed by atoms with Gasteiger partial charge >= 0.3 is 0 Å². The molecule has 0 bridgehead atoms. The molecule has 1 saturated heterocycles. The van der Waals surface area contributed by atoms with Gasteiger partial charge in [0.1, 0.15) is 12.6 Å². The van der Waals surface area contributed by atoms with Crippen LogP contribution in [0.2, 0.25) is 0 Å². The van der Waals surface area contributed by atoms with E-state index in [9.17, 15) is 19.2 Å². The molecule has 8 heteroatoms. The highest BCUT2D eigenvalue weighted by Gasteiger charge is 2.12. The van der Waals surface area contributed by atoms with Crippen LogP contribution >= 0.6 is 0 Å². The number of aldehydes is 4. The molecule has 0 spiro atoms. The van der Waals surface area contributed by atoms with E-state index in [1.165, 1.54) is 0 Å². The Kier molecular flexibility index (Phi) is 15.1. The van der Waals surface area contributed by atoms with E-state index in [2.05, 4.69) is 15.5 Å². The third-order valence-electron chi connectivity index (χ3n) is 4.21. The Balaban J connectivity index is 0.000000520. The van der Waals surface area contributed by atoms with Gasteiger partial charge in [-0.25, -0.2) is 0 Å². The van der Waals surface area contributed by atoms with Crippen molar-refractivity contribution in [3.05, 3.63) is 29.3 Å². The first-order valence-electron chi connectivity index (χ1n) is 9.62. The quantitative estimate of drug-likeness (QED) is 0.607. The van der Waals surface area contributed by atoms with Gasteiger partial charge in [-0.05, 0) is 52.8 Å². The van der Waals surface area contributed by atoms with Crippen LogP contribution in [0, 0.1) is 0 Å². The predicted molar refractivity (Wildman–Crippen MR) is 116 cm³/mol. The molecule has 1 atom stereocenters. The first-order chi connectivity index (χ1) is 14.0. The summed E-state index contributed by atoms with van der Waals surface area (Å²) in [5.41, 5.74) is 1.93. The van der Waals surface area contributed by atoms with Crippen molar-refractivity contribution in [1.29, 1.82) is 0 Å². The zero-order chi connectivity index (χ0) is 22.1. The number of piperazine rings is 1. The standard InChI is InChI=1S/C12H14N2O2.C7H13NO2.C2H7N/c15-8-10-1-2-12(7-11(10)9-16)14-5-3-13-4-6-14;1-8(2)7(6-10)4-3-5-9;1-3-2/h1-2,7-9,13H,3-6H2;5-7H,3-4H2,1-2H3;3H,1-2H3. The Bertz CT molecular complexity index is 617. The second-order valence-electron chi connectivity index (χ2n) is 6.70. The summed E-state index contributed by atoms with van der Waals surface area (Å²) in [6.45, 7) is 3.76. The van der Waals surface area contributed by atoms with Crippen LogP contribution in [-0.4, -0.2) is 90.5 Å². The smallest absolute Gasteiger partial charge is 0.150 e. The summed E-state index contributed by atoms with van der Waals surface area (Å²) >= 11 is 0. The fourth-order valence-corrected chi connectivity index (χ4v) is 2.58. The fraction of sp³-hybridized carbons (Fsp3) is 0.524. The van der Waals surface area contributed by atoms with Crippen molar-refractivity contribution in [2.24, 2.45) is 0 Å². The van der Waals surface area contributed by atoms with E-state index < -0.39 is 0 Å². The van der Waals surface area contributed by atoms with E-state index in [-0.39, 0.29) is 6.04 Å². The number of nitrogens with one attached hydrogen (secondary N) is 2. The number of nitrogens with zero attached hydrogens (tertiary/aromatic N) is 2. The maximum absolute atomic E-state index is 10.8. The van der Waals surface area contributed by atoms with Crippen molar-refractivity contribution in [3.63, 3.8) is 0 Å². The molecule has 29 heavy (non-hydrogen) atoms. The number of hydrogen-bond donors (Lipinski definition) is 2. The zero-order valence-electron chi connectivity index (χ0n) is 17.9. The van der Waals surface area contributed by atoms with Gasteiger partial charge in [0.05, 0.1) is 6.04 Å². The van der Waals surface area contributed by atoms with Crippen molar-refractivity contribution in [3.8, 4) is 0 Å². The van der Waals surface area contributed by atoms with Crippen LogP contribution < -0.4 is 15.5 Å². The molecule has 0 aromatic heterocycles. The van der Waals surface area contributed by atoms with Gasteiger partial charge in [0.25, 0.3) is 0 Å². The second kappa shape index (κ2) is 16.5. The van der Waals surface area contributed by atoms with Gasteiger partial charge in [-0.15, -0.1) is 0 Å². The lowest BCUT2D eigenvalue weighted by Crippen LogP contribution is -2.43. The minimum Gasteiger partial charge on any atom is -0.369 e. The first-order valence-corrected chi connectivity index (χ1v) is 9.62. The number of carbonyl (C=O) groups is 4. The Hall–Kier alpha value is -2.42. The molecule has 1 aliphatic rings. The Morgan fingerprint density at radius 3 is 2.10 bits per heavy atom. The molecular weight excluding hydrogens is 372 g/mol. The zero-order valence-corrected chi connectivity index (χ0v) is 17.9. The number of hydrogen-bond acceptors (Lipinski definition) is 8. The van der Waals surface area contributed by atoms with Crippen LogP contribution in [0.5, 0.6) is 0 Å². The third kappa shape index (κ3) is 10.6. The lowest BCUT2D eigenvalue weighted by molar-refractivity contribution is -0.112. The lowest BCUT2D eigenvalue weighted by atomic mass is 10.1. The Morgan fingerprint density at radius 1 is 1.07 bits per heavy atom. The van der Waals surface area contributed by atoms with E-state index in [1.807, 2.05) is 34.3 Å². The van der Waals surface area contributed by atoms with E-state index >= 15 is 0 Å². The van der Waals surface area contributed by atoms with Crippen molar-refractivity contribution in [1.82, 2.24) is 15.5 Å². The van der Waals surface area contributed by atoms with Crippen LogP contribution in [0.25, 0.3) is 0 Å². The van der Waals surface area contributed by atoms with E-state index in [4.69, 9.17) is 0 Å². The molecule has 2 N–H and O–H groups in total. The van der Waals surface area contributed by atoms with Gasteiger partial charge in [0.15, 0.2) is 12.6 Å². The maximum Gasteiger partial charge on any atom is 0.150 e. The highest BCUT2D eigenvalue weighted by molar-refractivity contribution is 5.91. The van der Waals surface area contributed by atoms with E-state index in [1.54, 1.807) is 17.0 Å². The molecule has 0 aliphatic carbocycles. The topological polar surface area (TPSA) is 98.8 Å². The molecule has 162 valence electrons. The van der Waals surface area contributed by atoms with Crippen LogP contribution in [0.1, 0.15) is 33.6 Å². The van der Waals surface area contributed by atoms with Crippen molar-refractivity contribution in [2.75, 3.05) is 59.3 Å². The second-order valence-corrected chi connectivity index (χ2v) is 6.70. The molecule has 0 saturated carbocycles. The molecule has 2 rings (SSSR count). The van der Waals surface area contributed by atoms with Crippen molar-refractivity contribution < 1.29 is 19.2 Å². The SMILES string of the molecule is CN(C)C(C=O)CCC=O.CNC.O=Cc1ccc(N2CCNCC2)cc1C=O. The number of rotatable bonds is 8. The lowest BCUT2D eigenvalue weighted by Gasteiger charge is -2.29. The van der Waals surface area contributed by atoms with Gasteiger partial charge in [-0.1, -0.05) is 0 Å². The maximum atomic E-state index is 10.8. The summed E-state index contributed by atoms with van der Waals surface area (Å²) in [5.74, 6) is 0. The van der Waals surface area contributed by atoms with E-state index in [0.29, 0.717) is 30.3 Å². The summed E-state index contributed by atoms with van der Waals surface area (Å²) < 4.78 is 0. The normalized spacial score (nSPS) is 13.9. The number of benzene rings is 1. The van der Waals surface area contributed by atoms with Crippen molar-refractivity contribution in [2.45, 2.75) is 18.9 Å². The Morgan fingerprint density at radius 2 is 1.66 bits per heavy atom. The summed E-state index contributed by atoms with van der Waals surface area (Å²) in [5, 5.41) is 6.02. The molecule has 1 aromatic rings. The van der Waals surface area contributed by atoms with E-state index in [0.717, 1.165) is 50.7 Å². The Labute approximate surface area is 173 Å². The third-order valence-corrected chi connectivity index (χ3v) is 4.21. The highest BCUT2D eigenvalue weighted by Crippen LogP contribution is 2.18. The number of anilines is 1. The van der Waals surface area contributed by atoms with Crippen molar-refractivity contribution >= 4 is 30.8 Å². The fourth-order valence-electron chi connectivity index (χ4n) is 2.58. The largest absolute Gasteiger partial charge is 0.369 e. The van der Waals surface area contributed by atoms with Crippen LogP contribution in [0.15, 0.2) is 18.2 Å². The minimum absolute atomic E-state index is 0.106. The highest BCUT2D eigenvalue weighted by atomic mass is 16.1. The molecule has 0 amide bonds. The molecular formula is C21H34N4O4. The summed E-state index contributed by atoms with van der Waals surface area (Å²) in [4.78, 5) is 45.7. The van der Waals surface area contributed by atoms with Gasteiger partial charge in [0.2, 0.25) is 0 Å². The van der Waals surface area contributed by atoms with Gasteiger partial charge in [-0.2, -0.15) is 0 Å². The summed E-state index contributed by atoms with van der Waals surface area (Å²) in [7, 11) is 7.40. The van der Waals surface area contributed by atoms with Gasteiger partial charge in [-0.3, -0.25) is 14.5 Å². The number of likely N-dealkylation sites (N-methyl/N-ethyl adjacent to an activating group) is 1. The average molecular weight is 407 g/mol. The predicted octanol–water partition coefficient (Wildman–Crippen LogP) is 0.651. The molecule has 1 fully saturated rings. The summed E-state index contributed by atoms with van der Waals surface area (Å²) in [6.07, 6.45) is 4.23. The minimum atomic E-state index is -0.106. The molecule has 1 aromatic carbocycles. The monoisotopic (exact) mass is 406 g/mol. The molecule has 1 heterocycles. The molecule has 8 nitrogen and oxygen atoms in total. The van der Waals surface area contributed by atoms with Gasteiger partial charge < -0.3 is 25.1 Å². The summed E-state index contributed by atoms with van der Waals surface area (Å²) in [6, 6.07) is 5.27. The number of carbonyl (C=O) groups excluding carboxylic acids is 4. The molecule has 1 aliphatic heterocycles. The van der Waals surface area contributed by atoms with Gasteiger partial charge in [0, 0.05) is 49.4 Å². The molecule has 0 radical (unpaired) electrons. The van der Waals surface area contributed by atoms with Crippen LogP contribution in [0.4, 0.5) is 5.69 Å².